The standard InChI is InChI=1S/C43H51N5O17P4/c1-33(49)63-40-38(65-42(41(40)64-34(2)50)48-24-21-39(46-43(48)51)47-69(55,57-25-13-22-44)58-26-14-23-45)30-62-67(53,56-3)31-66(52,59-27-35-15-7-4-8-16-35)32-68(54,60-28-36-17-9-5-10-18-36)61-29-37-19-11-6-12-20-37/h4-12,15-21,24,38,40-42H,13-14,25-32H2,1-3H3,(H,46,47,51,55)/t38-,40-,41-,42-,66?,67?/m1/s1. The lowest BCUT2D eigenvalue weighted by Crippen LogP contribution is -2.41. The molecule has 4 aromatic rings. The number of anilines is 1. The molecule has 0 saturated carbocycles. The molecule has 0 bridgehead atoms. The van der Waals surface area contributed by atoms with Gasteiger partial charge in [0.05, 0.1) is 64.6 Å². The molecule has 69 heavy (non-hydrogen) atoms. The zero-order chi connectivity index (χ0) is 49.9. The molecule has 1 aliphatic rings. The van der Waals surface area contributed by atoms with E-state index in [2.05, 4.69) is 10.1 Å². The van der Waals surface area contributed by atoms with Crippen LogP contribution in [0.3, 0.4) is 0 Å². The molecule has 370 valence electrons. The third-order valence-corrected chi connectivity index (χ3v) is 20.0. The van der Waals surface area contributed by atoms with E-state index in [-0.39, 0.29) is 51.7 Å². The van der Waals surface area contributed by atoms with E-state index in [1.54, 1.807) is 91.0 Å². The van der Waals surface area contributed by atoms with Crippen molar-refractivity contribution in [3.63, 3.8) is 0 Å². The summed E-state index contributed by atoms with van der Waals surface area (Å²) in [6.45, 7) is -0.0271. The van der Waals surface area contributed by atoms with Crippen LogP contribution in [0.5, 0.6) is 0 Å². The van der Waals surface area contributed by atoms with E-state index in [4.69, 9.17) is 56.4 Å². The quantitative estimate of drug-likeness (QED) is 0.0318. The number of nitriles is 2. The smallest absolute Gasteiger partial charge is 0.433 e. The number of nitrogens with one attached hydrogen (secondary N) is 1. The molecule has 1 fully saturated rings. The highest BCUT2D eigenvalue weighted by molar-refractivity contribution is 7.80. The predicted molar refractivity (Wildman–Crippen MR) is 246 cm³/mol. The van der Waals surface area contributed by atoms with Crippen molar-refractivity contribution in [1.82, 2.24) is 9.55 Å². The summed E-state index contributed by atoms with van der Waals surface area (Å²) in [5.41, 5.74) is 0.739. The van der Waals surface area contributed by atoms with Gasteiger partial charge in [0.2, 0.25) is 7.37 Å². The predicted octanol–water partition coefficient (Wildman–Crippen LogP) is 8.28. The summed E-state index contributed by atoms with van der Waals surface area (Å²) in [5.74, 6) is -3.93. The largest absolute Gasteiger partial charge is 0.456 e. The summed E-state index contributed by atoms with van der Waals surface area (Å²) in [4.78, 5) is 42.4. The van der Waals surface area contributed by atoms with Crippen molar-refractivity contribution in [3.05, 3.63) is 130 Å². The third kappa shape index (κ3) is 17.3. The molecule has 6 atom stereocenters. The number of hydrogen-bond acceptors (Lipinski definition) is 20. The van der Waals surface area contributed by atoms with Crippen molar-refractivity contribution in [2.24, 2.45) is 0 Å². The summed E-state index contributed by atoms with van der Waals surface area (Å²) in [5, 5.41) is 20.2. The minimum absolute atomic E-state index is 0.162. The topological polar surface area (TPSA) is 289 Å². The lowest BCUT2D eigenvalue weighted by Gasteiger charge is -2.28. The van der Waals surface area contributed by atoms with Gasteiger partial charge in [0.1, 0.15) is 23.7 Å². The molecule has 1 aliphatic heterocycles. The molecular formula is C43H51N5O17P4. The van der Waals surface area contributed by atoms with Crippen molar-refractivity contribution in [2.75, 3.05) is 43.8 Å². The molecule has 1 aromatic heterocycles. The Bertz CT molecular complexity index is 2600. The first kappa shape index (κ1) is 54.8. The van der Waals surface area contributed by atoms with Crippen LogP contribution in [0.2, 0.25) is 0 Å². The second kappa shape index (κ2) is 26.2. The SMILES string of the molecule is COP(=O)(CP(=O)(CP(=O)(OCc1ccccc1)OCc1ccccc1)OCc1ccccc1)OC[C@H]1O[C@@H](n2ccc(NP(=O)(OCCC#N)OCCC#N)nc2=O)[C@H](OC(C)=O)[C@@H]1OC(C)=O. The Morgan fingerprint density at radius 1 is 0.681 bits per heavy atom. The zero-order valence-corrected chi connectivity index (χ0v) is 41.3. The van der Waals surface area contributed by atoms with Crippen molar-refractivity contribution < 1.29 is 73.7 Å². The van der Waals surface area contributed by atoms with Crippen LogP contribution in [0, 0.1) is 22.7 Å². The molecular weight excluding hydrogens is 982 g/mol. The van der Waals surface area contributed by atoms with Crippen LogP contribution in [0.15, 0.2) is 108 Å². The monoisotopic (exact) mass is 1030 g/mol. The average molecular weight is 1030 g/mol. The van der Waals surface area contributed by atoms with Gasteiger partial charge < -0.3 is 36.8 Å². The van der Waals surface area contributed by atoms with Crippen molar-refractivity contribution in [2.45, 2.75) is 71.0 Å². The molecule has 2 heterocycles. The van der Waals surface area contributed by atoms with E-state index in [1.165, 1.54) is 0 Å². The van der Waals surface area contributed by atoms with Crippen LogP contribution < -0.4 is 10.8 Å². The van der Waals surface area contributed by atoms with E-state index >= 15 is 4.57 Å². The van der Waals surface area contributed by atoms with Crippen LogP contribution in [0.1, 0.15) is 49.6 Å². The number of nitrogens with zero attached hydrogens (tertiary/aromatic N) is 4. The Hall–Kier alpha value is -5.14. The van der Waals surface area contributed by atoms with Gasteiger partial charge in [-0.25, -0.2) is 9.36 Å². The van der Waals surface area contributed by atoms with Crippen LogP contribution in [-0.2, 0) is 93.5 Å². The van der Waals surface area contributed by atoms with Gasteiger partial charge in [-0.15, -0.1) is 0 Å². The summed E-state index contributed by atoms with van der Waals surface area (Å²) >= 11 is 0. The van der Waals surface area contributed by atoms with E-state index in [9.17, 15) is 28.1 Å². The fourth-order valence-corrected chi connectivity index (χ4v) is 16.8. The number of benzene rings is 3. The summed E-state index contributed by atoms with van der Waals surface area (Å²) in [7, 11) is -16.7. The Kier molecular flexibility index (Phi) is 20.8. The minimum atomic E-state index is -4.62. The Balaban J connectivity index is 1.43. The molecule has 26 heteroatoms. The van der Waals surface area contributed by atoms with Crippen LogP contribution >= 0.6 is 30.3 Å². The summed E-state index contributed by atoms with van der Waals surface area (Å²) < 4.78 is 116. The van der Waals surface area contributed by atoms with E-state index in [1.807, 2.05) is 12.1 Å². The fourth-order valence-electron chi connectivity index (χ4n) is 6.42. The number of carbonyl (C=O) groups excluding carboxylic acids is 2. The normalized spacial score (nSPS) is 18.7. The second-order valence-corrected chi connectivity index (χ2v) is 24.4. The highest BCUT2D eigenvalue weighted by Crippen LogP contribution is 2.70. The van der Waals surface area contributed by atoms with Crippen LogP contribution in [0.25, 0.3) is 0 Å². The Morgan fingerprint density at radius 2 is 1.16 bits per heavy atom. The number of ether oxygens (including phenoxy) is 3. The van der Waals surface area contributed by atoms with Crippen molar-refractivity contribution in [1.29, 1.82) is 10.5 Å². The molecule has 1 N–H and O–H groups in total. The molecule has 2 unspecified atom stereocenters. The van der Waals surface area contributed by atoms with Crippen molar-refractivity contribution >= 4 is 48.1 Å². The first-order chi connectivity index (χ1) is 33.0. The van der Waals surface area contributed by atoms with Gasteiger partial charge in [-0.05, 0) is 22.8 Å². The first-order valence-electron chi connectivity index (χ1n) is 21.0. The van der Waals surface area contributed by atoms with Gasteiger partial charge in [-0.3, -0.25) is 42.0 Å². The van der Waals surface area contributed by atoms with Gasteiger partial charge in [0.15, 0.2) is 18.4 Å². The summed E-state index contributed by atoms with van der Waals surface area (Å²) in [6, 6.07) is 30.9. The molecule has 0 aliphatic carbocycles. The zero-order valence-electron chi connectivity index (χ0n) is 37.7. The summed E-state index contributed by atoms with van der Waals surface area (Å²) in [6.07, 6.45) is -5.38. The lowest BCUT2D eigenvalue weighted by atomic mass is 10.1. The van der Waals surface area contributed by atoms with Gasteiger partial charge in [0.25, 0.3) is 0 Å². The molecule has 1 saturated heterocycles. The number of carbonyl (C=O) groups is 2. The number of rotatable bonds is 28. The van der Waals surface area contributed by atoms with Gasteiger partial charge in [-0.1, -0.05) is 91.0 Å². The average Bonchev–Trinajstić information content (AvgIpc) is 3.64. The van der Waals surface area contributed by atoms with E-state index in [0.29, 0.717) is 16.7 Å². The number of esters is 2. The van der Waals surface area contributed by atoms with Crippen molar-refractivity contribution in [3.8, 4) is 12.1 Å². The maximum atomic E-state index is 15.1. The molecule has 0 spiro atoms. The molecule has 3 aromatic carbocycles. The minimum Gasteiger partial charge on any atom is -0.456 e. The lowest BCUT2D eigenvalue weighted by molar-refractivity contribution is -0.165. The maximum Gasteiger partial charge on any atom is 0.433 e. The second-order valence-electron chi connectivity index (χ2n) is 14.9. The van der Waals surface area contributed by atoms with E-state index < -0.39 is 90.9 Å². The van der Waals surface area contributed by atoms with Crippen LogP contribution in [-0.4, -0.2) is 78.5 Å². The molecule has 5 rings (SSSR count). The fraction of sp³-hybridized carbons (Fsp3) is 0.395. The molecule has 0 amide bonds. The molecule has 22 nitrogen and oxygen atoms in total. The molecule has 0 radical (unpaired) electrons. The van der Waals surface area contributed by atoms with E-state index in [0.717, 1.165) is 37.8 Å². The maximum absolute atomic E-state index is 15.1. The first-order valence-corrected chi connectivity index (χ1v) is 28.0. The Morgan fingerprint density at radius 3 is 1.62 bits per heavy atom. The highest BCUT2D eigenvalue weighted by atomic mass is 31.3. The number of aromatic nitrogens is 2. The third-order valence-electron chi connectivity index (χ3n) is 9.54. The van der Waals surface area contributed by atoms with Gasteiger partial charge in [-0.2, -0.15) is 15.5 Å². The highest BCUT2D eigenvalue weighted by Gasteiger charge is 2.52. The Labute approximate surface area is 398 Å². The van der Waals surface area contributed by atoms with Crippen LogP contribution in [0.4, 0.5) is 5.82 Å². The number of hydrogen-bond donors (Lipinski definition) is 1. The van der Waals surface area contributed by atoms with Gasteiger partial charge in [0, 0.05) is 27.2 Å². The van der Waals surface area contributed by atoms with Gasteiger partial charge >= 0.3 is 40.6 Å².